The minimum absolute atomic E-state index is 0. The van der Waals surface area contributed by atoms with Crippen LogP contribution in [0.15, 0.2) is 121 Å². The van der Waals surface area contributed by atoms with Crippen molar-refractivity contribution in [2.75, 3.05) is 0 Å². The van der Waals surface area contributed by atoms with Crippen LogP contribution in [0.25, 0.3) is 0 Å². The molecule has 85 heavy (non-hydrogen) atoms. The second-order valence-corrected chi connectivity index (χ2v) is 72.8. The molecule has 0 N–H and O–H groups in total. The van der Waals surface area contributed by atoms with Crippen molar-refractivity contribution in [3.8, 4) is 0 Å². The highest BCUT2D eigenvalue weighted by Crippen LogP contribution is 2.29. The Labute approximate surface area is 546 Å². The zero-order valence-electron chi connectivity index (χ0n) is 54.5. The van der Waals surface area contributed by atoms with E-state index in [4.69, 9.17) is 57.6 Å². The smallest absolute Gasteiger partial charge is 0.439 e. The van der Waals surface area contributed by atoms with Gasteiger partial charge in [0.15, 0.2) is 90.4 Å². The van der Waals surface area contributed by atoms with Gasteiger partial charge in [-0.3, -0.25) is 0 Å². The fraction of sp³-hybridized carbons (Fsp3) is 0.556. The SMILES string of the molecule is C.C.C.C.C[SiH](C)O[Si](C)(C)O[Si](O[Si](C)(C)O[SiH](C)C)(O[Si](C)(C)O[SiH](C)C)c1ccccc1.C[SiH](C)O[Si](O[SiH](C)C)(O[SiH](C)C)c1ccccc1.C[SiH](C)O[Si](O[SiH](C)C)(O[Si](O[SiH](C)C)(O[SiH](C)C)c1ccccc1)c1ccccc1. The van der Waals surface area contributed by atoms with Gasteiger partial charge in [0.25, 0.3) is 0 Å². The summed E-state index contributed by atoms with van der Waals surface area (Å²) in [5.74, 6) is 0. The third-order valence-corrected chi connectivity index (χ3v) is 60.0. The molecule has 0 fully saturated rings. The summed E-state index contributed by atoms with van der Waals surface area (Å²) in [6.07, 6.45) is 0. The zero-order valence-corrected chi connectivity index (χ0v) is 73.1. The first-order chi connectivity index (χ1) is 37.4. The van der Waals surface area contributed by atoms with Crippen molar-refractivity contribution in [1.29, 1.82) is 0 Å². The lowest BCUT2D eigenvalue weighted by Gasteiger charge is -2.44. The average molecular weight is 1480 g/mol. The minimum Gasteiger partial charge on any atom is -0.439 e. The molecule has 4 rings (SSSR count). The molecular formula is C54H124O14Si17. The molecule has 4 aromatic rings. The van der Waals surface area contributed by atoms with Crippen LogP contribution in [0.5, 0.6) is 0 Å². The van der Waals surface area contributed by atoms with E-state index >= 15 is 0 Å². The van der Waals surface area contributed by atoms with Gasteiger partial charge >= 0.3 is 60.9 Å². The first kappa shape index (κ1) is 89.2. The fourth-order valence-corrected chi connectivity index (χ4v) is 67.1. The van der Waals surface area contributed by atoms with Crippen molar-refractivity contribution in [2.24, 2.45) is 0 Å². The first-order valence-electron chi connectivity index (χ1n) is 29.2. The molecule has 0 aliphatic heterocycles. The minimum atomic E-state index is -3.40. The molecule has 0 spiro atoms. The third-order valence-electron chi connectivity index (χ3n) is 10.2. The van der Waals surface area contributed by atoms with Crippen molar-refractivity contribution in [3.63, 3.8) is 0 Å². The van der Waals surface area contributed by atoms with E-state index < -0.39 is 151 Å². The molecule has 0 aliphatic rings. The van der Waals surface area contributed by atoms with Crippen molar-refractivity contribution in [1.82, 2.24) is 0 Å². The van der Waals surface area contributed by atoms with Crippen LogP contribution in [0, 0.1) is 0 Å². The maximum atomic E-state index is 7.17. The van der Waals surface area contributed by atoms with Gasteiger partial charge in [0.1, 0.15) is 0 Å². The molecule has 0 radical (unpaired) electrons. The van der Waals surface area contributed by atoms with Crippen molar-refractivity contribution in [2.45, 2.75) is 200 Å². The zero-order chi connectivity index (χ0) is 61.6. The molecule has 0 aromatic heterocycles. The summed E-state index contributed by atoms with van der Waals surface area (Å²) in [5, 5.41) is 4.06. The van der Waals surface area contributed by atoms with Crippen LogP contribution in [0.4, 0.5) is 0 Å². The normalized spacial score (nSPS) is 12.8. The Morgan fingerprint density at radius 1 is 0.200 bits per heavy atom. The van der Waals surface area contributed by atoms with Gasteiger partial charge < -0.3 is 57.6 Å². The maximum absolute atomic E-state index is 7.17. The Balaban J connectivity index is -0.00000119. The molecule has 4 aromatic carbocycles. The highest BCUT2D eigenvalue weighted by Gasteiger charge is 2.59. The number of hydrogen-bond acceptors (Lipinski definition) is 14. The number of benzene rings is 4. The van der Waals surface area contributed by atoms with Crippen LogP contribution in [0.1, 0.15) is 29.7 Å². The van der Waals surface area contributed by atoms with Gasteiger partial charge in [-0.25, -0.2) is 0 Å². The Kier molecular flexibility index (Phi) is 43.6. The van der Waals surface area contributed by atoms with Gasteiger partial charge in [-0.1, -0.05) is 151 Å². The standard InChI is InChI=1S/C20H38O5Si6.C18H44O6Si7.C12H26O3Si4.4CH4/c1-26(2)21-30(22-27(3)4,19-15-11-9-12-16-19)25-31(23-28(5)6,24-29(7)8)20-17-13-10-14-18-20;1-25(2)19-28(7,8)22-31(18-16-14-13-15-17-18,23-29(9,10)20-26(3)4)24-30(11,12)21-27(5)6;1-16(2)13-19(14-17(3)4,15-18(5)6)12-10-8-7-9-11-12;;;;/h9-18,26-29H,1-8H3;13-17,25-27H,1-12H3;7-11,16-18H,1-6H3;4*1H4. The number of hydrogen-bond donors (Lipinski definition) is 0. The Morgan fingerprint density at radius 2 is 0.353 bits per heavy atom. The third kappa shape index (κ3) is 33.4. The maximum Gasteiger partial charge on any atom is 0.510 e. The Hall–Kier alpha value is 0.00701. The molecule has 0 unspecified atom stereocenters. The van der Waals surface area contributed by atoms with Gasteiger partial charge in [-0.2, -0.15) is 0 Å². The molecule has 14 nitrogen and oxygen atoms in total. The van der Waals surface area contributed by atoms with Crippen molar-refractivity contribution in [3.05, 3.63) is 121 Å². The molecule has 0 aliphatic carbocycles. The van der Waals surface area contributed by atoms with Crippen molar-refractivity contribution < 1.29 is 57.6 Å². The molecule has 0 amide bonds. The first-order valence-corrected chi connectivity index (χ1v) is 72.4. The van der Waals surface area contributed by atoms with E-state index in [1.54, 1.807) is 0 Å². The Bertz CT molecular complexity index is 2150. The summed E-state index contributed by atoms with van der Waals surface area (Å²) < 4.78 is 93.2. The summed E-state index contributed by atoms with van der Waals surface area (Å²) in [7, 11) is -33.9. The molecule has 31 heteroatoms. The highest BCUT2D eigenvalue weighted by molar-refractivity contribution is 6.97. The predicted molar refractivity (Wildman–Crippen MR) is 411 cm³/mol. The van der Waals surface area contributed by atoms with E-state index in [0.29, 0.717) is 0 Å². The second kappa shape index (κ2) is 41.6. The van der Waals surface area contributed by atoms with Gasteiger partial charge in [0.05, 0.1) is 0 Å². The molecule has 0 saturated heterocycles. The summed E-state index contributed by atoms with van der Waals surface area (Å²) >= 11 is 0. The number of rotatable bonds is 32. The van der Waals surface area contributed by atoms with Crippen molar-refractivity contribution >= 4 is 172 Å². The molecule has 0 saturated carbocycles. The van der Waals surface area contributed by atoms with Gasteiger partial charge in [-0.05, 0) is 170 Å². The topological polar surface area (TPSA) is 129 Å². The largest absolute Gasteiger partial charge is 0.510 e. The van der Waals surface area contributed by atoms with Gasteiger partial charge in [0, 0.05) is 20.7 Å². The fourth-order valence-electron chi connectivity index (χ4n) is 8.73. The highest BCUT2D eigenvalue weighted by atomic mass is 28.5. The van der Waals surface area contributed by atoms with Crippen LogP contribution in [-0.2, 0) is 57.6 Å². The van der Waals surface area contributed by atoms with Crippen LogP contribution in [-0.4, -0.2) is 151 Å². The van der Waals surface area contributed by atoms with Gasteiger partial charge in [-0.15, -0.1) is 0 Å². The monoisotopic (exact) mass is 1470 g/mol. The average Bonchev–Trinajstić information content (AvgIpc) is 3.48. The van der Waals surface area contributed by atoms with Crippen LogP contribution in [0.2, 0.25) is 170 Å². The molecule has 0 atom stereocenters. The van der Waals surface area contributed by atoms with E-state index in [9.17, 15) is 0 Å². The lowest BCUT2D eigenvalue weighted by atomic mass is 10.4. The van der Waals surface area contributed by atoms with Gasteiger partial charge in [0.2, 0.25) is 0 Å². The predicted octanol–water partition coefficient (Wildman–Crippen LogP) is 11.1. The van der Waals surface area contributed by atoms with E-state index in [1.807, 2.05) is 72.8 Å². The summed E-state index contributed by atoms with van der Waals surface area (Å²) in [5.41, 5.74) is 0. The summed E-state index contributed by atoms with van der Waals surface area (Å²) in [6.45, 7) is 56.0. The van der Waals surface area contributed by atoms with E-state index in [2.05, 4.69) is 219 Å². The van der Waals surface area contributed by atoms with Crippen LogP contribution >= 0.6 is 0 Å². The summed E-state index contributed by atoms with van der Waals surface area (Å²) in [6, 6.07) is 40.9. The van der Waals surface area contributed by atoms with Crippen LogP contribution in [0.3, 0.4) is 0 Å². The second-order valence-electron chi connectivity index (χ2n) is 24.0. The lowest BCUT2D eigenvalue weighted by Crippen LogP contribution is -2.72. The quantitative estimate of drug-likeness (QED) is 0.0430. The Morgan fingerprint density at radius 3 is 0.529 bits per heavy atom. The molecule has 492 valence electrons. The van der Waals surface area contributed by atoms with Crippen LogP contribution < -0.4 is 20.7 Å². The molecule has 0 bridgehead atoms. The van der Waals surface area contributed by atoms with E-state index in [-0.39, 0.29) is 29.7 Å². The molecular weight excluding hydrogens is 1350 g/mol. The van der Waals surface area contributed by atoms with E-state index in [1.165, 1.54) is 0 Å². The van der Waals surface area contributed by atoms with E-state index in [0.717, 1.165) is 20.7 Å². The molecule has 0 heterocycles. The summed E-state index contributed by atoms with van der Waals surface area (Å²) in [4.78, 5) is 0. The lowest BCUT2D eigenvalue weighted by molar-refractivity contribution is 0.205.